The molecule has 8 heteroatoms. The lowest BCUT2D eigenvalue weighted by molar-refractivity contribution is -0.312. The largest absolute Gasteiger partial charge is 0.546 e. The molecule has 2 amide bonds. The van der Waals surface area contributed by atoms with E-state index in [9.17, 15) is 19.5 Å². The van der Waals surface area contributed by atoms with Crippen molar-refractivity contribution in [2.24, 2.45) is 0 Å². The van der Waals surface area contributed by atoms with Gasteiger partial charge in [0.05, 0.1) is 24.5 Å². The number of thioether (sulfide) groups is 1. The maximum Gasteiger partial charge on any atom is 0.294 e. The molecule has 1 heterocycles. The molecule has 0 aliphatic carbocycles. The minimum atomic E-state index is -1.35. The van der Waals surface area contributed by atoms with Crippen molar-refractivity contribution >= 4 is 35.0 Å². The fourth-order valence-corrected chi connectivity index (χ4v) is 2.83. The molecule has 1 aliphatic rings. The zero-order valence-corrected chi connectivity index (χ0v) is 14.3. The van der Waals surface area contributed by atoms with E-state index in [2.05, 4.69) is 5.92 Å². The van der Waals surface area contributed by atoms with Crippen LogP contribution < -0.4 is 14.6 Å². The summed E-state index contributed by atoms with van der Waals surface area (Å²) < 4.78 is 10.4. The van der Waals surface area contributed by atoms with Gasteiger partial charge >= 0.3 is 0 Å². The summed E-state index contributed by atoms with van der Waals surface area (Å²) in [6, 6.07) is 4.68. The summed E-state index contributed by atoms with van der Waals surface area (Å²) in [5, 5.41) is 10.3. The van der Waals surface area contributed by atoms with Gasteiger partial charge in [0.15, 0.2) is 11.5 Å². The van der Waals surface area contributed by atoms with Crippen LogP contribution in [-0.4, -0.2) is 41.8 Å². The van der Waals surface area contributed by atoms with Gasteiger partial charge in [-0.25, -0.2) is 0 Å². The number of hydrogen-bond acceptors (Lipinski definition) is 7. The van der Waals surface area contributed by atoms with E-state index in [0.717, 1.165) is 16.7 Å². The summed E-state index contributed by atoms with van der Waals surface area (Å²) in [4.78, 5) is 35.9. The molecule has 130 valence electrons. The molecule has 1 atom stereocenters. The Morgan fingerprint density at radius 3 is 2.76 bits per heavy atom. The molecule has 1 aromatic carbocycles. The highest BCUT2D eigenvalue weighted by Crippen LogP contribution is 2.34. The van der Waals surface area contributed by atoms with E-state index in [1.165, 1.54) is 26.2 Å². The molecule has 0 saturated carbocycles. The molecular weight excluding hydrogens is 346 g/mol. The second-order valence-corrected chi connectivity index (χ2v) is 5.95. The fraction of sp³-hybridized carbons (Fsp3) is 0.235. The number of rotatable bonds is 6. The Kier molecular flexibility index (Phi) is 5.72. The van der Waals surface area contributed by atoms with Crippen LogP contribution in [-0.2, 0) is 9.59 Å². The molecule has 25 heavy (non-hydrogen) atoms. The number of ether oxygens (including phenoxy) is 2. The smallest absolute Gasteiger partial charge is 0.294 e. The van der Waals surface area contributed by atoms with Crippen molar-refractivity contribution in [3.63, 3.8) is 0 Å². The van der Waals surface area contributed by atoms with Crippen molar-refractivity contribution in [2.75, 3.05) is 13.7 Å². The lowest BCUT2D eigenvalue weighted by Crippen LogP contribution is -2.37. The van der Waals surface area contributed by atoms with E-state index in [0.29, 0.717) is 5.56 Å². The van der Waals surface area contributed by atoms with Crippen LogP contribution >= 0.6 is 11.8 Å². The first-order valence-corrected chi connectivity index (χ1v) is 7.93. The van der Waals surface area contributed by atoms with Gasteiger partial charge in [0, 0.05) is 0 Å². The van der Waals surface area contributed by atoms with Crippen LogP contribution in [0.5, 0.6) is 11.5 Å². The third-order valence-electron chi connectivity index (χ3n) is 3.24. The molecular formula is C17H14NO6S-. The quantitative estimate of drug-likeness (QED) is 0.549. The average molecular weight is 360 g/mol. The van der Waals surface area contributed by atoms with Gasteiger partial charge in [-0.1, -0.05) is 12.0 Å². The van der Waals surface area contributed by atoms with Crippen molar-refractivity contribution in [1.82, 2.24) is 4.90 Å². The van der Waals surface area contributed by atoms with Crippen molar-refractivity contribution in [3.8, 4) is 23.8 Å². The topological polar surface area (TPSA) is 96.0 Å². The predicted molar refractivity (Wildman–Crippen MR) is 89.6 cm³/mol. The van der Waals surface area contributed by atoms with Gasteiger partial charge in [-0.15, -0.1) is 6.42 Å². The van der Waals surface area contributed by atoms with Gasteiger partial charge in [0.2, 0.25) is 0 Å². The van der Waals surface area contributed by atoms with Crippen molar-refractivity contribution in [1.29, 1.82) is 0 Å². The molecule has 1 saturated heterocycles. The van der Waals surface area contributed by atoms with E-state index in [-0.39, 0.29) is 22.9 Å². The molecule has 0 radical (unpaired) electrons. The Bertz CT molecular complexity index is 795. The van der Waals surface area contributed by atoms with Gasteiger partial charge in [-0.2, -0.15) is 0 Å². The lowest BCUT2D eigenvalue weighted by Gasteiger charge is -2.17. The van der Waals surface area contributed by atoms with Crippen molar-refractivity contribution < 1.29 is 29.0 Å². The normalized spacial score (nSPS) is 16.7. The highest BCUT2D eigenvalue weighted by molar-refractivity contribution is 8.18. The number of hydrogen-bond donors (Lipinski definition) is 0. The van der Waals surface area contributed by atoms with Crippen LogP contribution in [0.2, 0.25) is 0 Å². The SMILES string of the molecule is C#CCN1C(=O)S/C(=C\c2ccc(O[C@@H](C)C(=O)[O-])c(OC)c2)C1=O. The number of nitrogens with zero attached hydrogens (tertiary/aromatic N) is 1. The predicted octanol–water partition coefficient (Wildman–Crippen LogP) is 0.882. The molecule has 0 bridgehead atoms. The van der Waals surface area contributed by atoms with E-state index in [1.807, 2.05) is 0 Å². The molecule has 0 N–H and O–H groups in total. The first-order chi connectivity index (χ1) is 11.9. The molecule has 0 aromatic heterocycles. The standard InChI is InChI=1S/C17H15NO6S/c1-4-7-18-15(19)14(25-17(18)22)9-11-5-6-12(13(8-11)23-3)24-10(2)16(20)21/h1,5-6,8-10H,7H2,2-3H3,(H,20,21)/p-1/b14-9-/t10-/m0/s1. The third-order valence-corrected chi connectivity index (χ3v) is 4.15. The van der Waals surface area contributed by atoms with E-state index in [1.54, 1.807) is 12.1 Å². The number of carbonyl (C=O) groups is 3. The van der Waals surface area contributed by atoms with Gasteiger partial charge in [0.1, 0.15) is 6.10 Å². The maximum atomic E-state index is 12.1. The van der Waals surface area contributed by atoms with Crippen LogP contribution in [0.25, 0.3) is 6.08 Å². The minimum absolute atomic E-state index is 0.0841. The van der Waals surface area contributed by atoms with Crippen LogP contribution in [0, 0.1) is 12.3 Å². The number of carboxylic acid groups (broad SMARTS) is 1. The molecule has 0 spiro atoms. The van der Waals surface area contributed by atoms with E-state index < -0.39 is 23.2 Å². The Morgan fingerprint density at radius 2 is 2.16 bits per heavy atom. The zero-order valence-electron chi connectivity index (χ0n) is 13.5. The molecule has 2 rings (SSSR count). The Morgan fingerprint density at radius 1 is 1.44 bits per heavy atom. The second-order valence-electron chi connectivity index (χ2n) is 4.96. The van der Waals surface area contributed by atoms with Crippen LogP contribution in [0.3, 0.4) is 0 Å². The monoisotopic (exact) mass is 360 g/mol. The van der Waals surface area contributed by atoms with E-state index >= 15 is 0 Å². The summed E-state index contributed by atoms with van der Waals surface area (Å²) in [6.07, 6.45) is 5.52. The summed E-state index contributed by atoms with van der Waals surface area (Å²) in [5.74, 6) is 0.950. The van der Waals surface area contributed by atoms with Crippen LogP contribution in [0.1, 0.15) is 12.5 Å². The number of carboxylic acids is 1. The summed E-state index contributed by atoms with van der Waals surface area (Å²) in [5.41, 5.74) is 0.580. The third kappa shape index (κ3) is 4.14. The maximum absolute atomic E-state index is 12.1. The van der Waals surface area contributed by atoms with Gasteiger partial charge in [0.25, 0.3) is 11.1 Å². The second kappa shape index (κ2) is 7.77. The molecule has 1 aromatic rings. The van der Waals surface area contributed by atoms with Crippen molar-refractivity contribution in [3.05, 3.63) is 28.7 Å². The Hall–Kier alpha value is -2.92. The zero-order chi connectivity index (χ0) is 18.6. The highest BCUT2D eigenvalue weighted by atomic mass is 32.2. The van der Waals surface area contributed by atoms with Gasteiger partial charge < -0.3 is 19.4 Å². The first-order valence-electron chi connectivity index (χ1n) is 7.11. The molecule has 7 nitrogen and oxygen atoms in total. The van der Waals surface area contributed by atoms with E-state index in [4.69, 9.17) is 15.9 Å². The number of carbonyl (C=O) groups excluding carboxylic acids is 3. The summed E-state index contributed by atoms with van der Waals surface area (Å²) in [7, 11) is 1.40. The van der Waals surface area contributed by atoms with Crippen LogP contribution in [0.15, 0.2) is 23.1 Å². The van der Waals surface area contributed by atoms with Crippen LogP contribution in [0.4, 0.5) is 4.79 Å². The number of benzene rings is 1. The number of methoxy groups -OCH3 is 1. The highest BCUT2D eigenvalue weighted by Gasteiger charge is 2.34. The van der Waals surface area contributed by atoms with Crippen molar-refractivity contribution in [2.45, 2.75) is 13.0 Å². The Labute approximate surface area is 148 Å². The lowest BCUT2D eigenvalue weighted by atomic mass is 10.2. The summed E-state index contributed by atoms with van der Waals surface area (Å²) in [6.45, 7) is 1.25. The Balaban J connectivity index is 2.27. The molecule has 1 fully saturated rings. The van der Waals surface area contributed by atoms with Gasteiger partial charge in [-0.3, -0.25) is 14.5 Å². The first kappa shape index (κ1) is 18.4. The fourth-order valence-electron chi connectivity index (χ4n) is 1.99. The minimum Gasteiger partial charge on any atom is -0.546 e. The van der Waals surface area contributed by atoms with Gasteiger partial charge in [-0.05, 0) is 42.5 Å². The number of imide groups is 1. The molecule has 0 unspecified atom stereocenters. The molecule has 1 aliphatic heterocycles. The number of aliphatic carboxylic acids is 1. The average Bonchev–Trinajstić information content (AvgIpc) is 2.83. The number of amides is 2. The summed E-state index contributed by atoms with van der Waals surface area (Å²) >= 11 is 0.794. The number of terminal acetylenes is 1.